The molecule has 0 heterocycles. The second-order valence-corrected chi connectivity index (χ2v) is 2.33. The summed E-state index contributed by atoms with van der Waals surface area (Å²) >= 11 is 0. The molecule has 0 aromatic rings. The summed E-state index contributed by atoms with van der Waals surface area (Å²) in [6.07, 6.45) is 1.09. The van der Waals surface area contributed by atoms with Crippen LogP contribution < -0.4 is 11.1 Å². The van der Waals surface area contributed by atoms with Crippen molar-refractivity contribution in [2.24, 2.45) is 11.7 Å². The molecule has 3 N–H and O–H groups in total. The number of hydrogen-bond acceptors (Lipinski definition) is 1. The monoisotopic (exact) mass is 114 g/mol. The fourth-order valence-electron chi connectivity index (χ4n) is 0.706. The van der Waals surface area contributed by atoms with Crippen molar-refractivity contribution in [2.45, 2.75) is 19.4 Å². The summed E-state index contributed by atoms with van der Waals surface area (Å²) in [6.45, 7) is 2.08. The summed E-state index contributed by atoms with van der Waals surface area (Å²) in [5.41, 5.74) is 4.85. The topological polar surface area (TPSA) is 55.1 Å². The minimum atomic E-state index is -0.403. The van der Waals surface area contributed by atoms with Crippen molar-refractivity contribution in [1.82, 2.24) is 5.32 Å². The van der Waals surface area contributed by atoms with Crippen molar-refractivity contribution in [2.75, 3.05) is 0 Å². The highest BCUT2D eigenvalue weighted by Gasteiger charge is 2.33. The van der Waals surface area contributed by atoms with Crippen LogP contribution >= 0.6 is 0 Å². The minimum Gasteiger partial charge on any atom is -0.352 e. The summed E-state index contributed by atoms with van der Waals surface area (Å²) in [7, 11) is 0. The molecule has 8 heavy (non-hydrogen) atoms. The number of urea groups is 1. The third-order valence-corrected chi connectivity index (χ3v) is 1.44. The van der Waals surface area contributed by atoms with E-state index in [0.29, 0.717) is 12.0 Å². The average molecular weight is 114 g/mol. The lowest BCUT2D eigenvalue weighted by Gasteiger charge is -1.94. The Morgan fingerprint density at radius 2 is 2.38 bits per heavy atom. The number of rotatable bonds is 1. The van der Waals surface area contributed by atoms with Crippen molar-refractivity contribution in [3.8, 4) is 0 Å². The molecule has 1 saturated carbocycles. The number of carbonyl (C=O) groups excluding carboxylic acids is 1. The first-order valence-corrected chi connectivity index (χ1v) is 2.76. The molecular formula is C5H10N2O. The van der Waals surface area contributed by atoms with E-state index in [-0.39, 0.29) is 0 Å². The van der Waals surface area contributed by atoms with Crippen molar-refractivity contribution in [3.05, 3.63) is 0 Å². The summed E-state index contributed by atoms with van der Waals surface area (Å²) in [4.78, 5) is 10.1. The maximum absolute atomic E-state index is 10.1. The number of hydrogen-bond donors (Lipinski definition) is 2. The Kier molecular flexibility index (Phi) is 1.12. The molecule has 1 fully saturated rings. The van der Waals surface area contributed by atoms with Crippen LogP contribution in [0.15, 0.2) is 0 Å². The smallest absolute Gasteiger partial charge is 0.312 e. The van der Waals surface area contributed by atoms with Crippen LogP contribution in [-0.4, -0.2) is 12.1 Å². The van der Waals surface area contributed by atoms with Crippen molar-refractivity contribution >= 4 is 6.03 Å². The summed E-state index contributed by atoms with van der Waals surface area (Å²) in [6, 6.07) is -0.0353. The van der Waals surface area contributed by atoms with Crippen molar-refractivity contribution in [3.63, 3.8) is 0 Å². The molecule has 1 rings (SSSR count). The lowest BCUT2D eigenvalue weighted by atomic mass is 10.5. The molecule has 3 heteroatoms. The van der Waals surface area contributed by atoms with Crippen LogP contribution in [0.5, 0.6) is 0 Å². The van der Waals surface area contributed by atoms with E-state index < -0.39 is 6.03 Å². The van der Waals surface area contributed by atoms with Crippen LogP contribution in [0.2, 0.25) is 0 Å². The van der Waals surface area contributed by atoms with Crippen molar-refractivity contribution < 1.29 is 4.79 Å². The van der Waals surface area contributed by atoms with Gasteiger partial charge in [-0.2, -0.15) is 0 Å². The second kappa shape index (κ2) is 1.65. The highest BCUT2D eigenvalue weighted by molar-refractivity contribution is 5.72. The fraction of sp³-hybridized carbons (Fsp3) is 0.800. The molecule has 0 aromatic heterocycles. The van der Waals surface area contributed by atoms with Gasteiger partial charge in [-0.3, -0.25) is 0 Å². The van der Waals surface area contributed by atoms with E-state index in [9.17, 15) is 4.79 Å². The standard InChI is InChI=1S/C5H10N2O/c1-3-2-4(3)7-5(6)8/h3-4H,2H2,1H3,(H3,6,7,8)/t3-,4+/m1/s1. The Morgan fingerprint density at radius 1 is 1.88 bits per heavy atom. The SMILES string of the molecule is C[C@@H]1C[C@@H]1NC(N)=O. The third kappa shape index (κ3) is 1.12. The molecule has 3 nitrogen and oxygen atoms in total. The molecule has 1 aliphatic rings. The first kappa shape index (κ1) is 5.41. The van der Waals surface area contributed by atoms with Gasteiger partial charge < -0.3 is 11.1 Å². The normalized spacial score (nSPS) is 34.1. The quantitative estimate of drug-likeness (QED) is 0.497. The van der Waals surface area contributed by atoms with Crippen LogP contribution in [0.1, 0.15) is 13.3 Å². The van der Waals surface area contributed by atoms with E-state index in [4.69, 9.17) is 5.73 Å². The number of carbonyl (C=O) groups is 1. The Balaban J connectivity index is 2.14. The first-order valence-electron chi connectivity index (χ1n) is 2.76. The molecule has 0 aliphatic heterocycles. The van der Waals surface area contributed by atoms with Crippen LogP contribution in [0, 0.1) is 5.92 Å². The van der Waals surface area contributed by atoms with Gasteiger partial charge in [0.1, 0.15) is 0 Å². The summed E-state index contributed by atoms with van der Waals surface area (Å²) in [5.74, 6) is 0.641. The lowest BCUT2D eigenvalue weighted by molar-refractivity contribution is 0.248. The van der Waals surface area contributed by atoms with Gasteiger partial charge in [0, 0.05) is 6.04 Å². The highest BCUT2D eigenvalue weighted by Crippen LogP contribution is 2.28. The predicted molar refractivity (Wildman–Crippen MR) is 30.3 cm³/mol. The van der Waals surface area contributed by atoms with Gasteiger partial charge in [0.05, 0.1) is 0 Å². The van der Waals surface area contributed by atoms with Gasteiger partial charge in [0.2, 0.25) is 0 Å². The van der Waals surface area contributed by atoms with Crippen molar-refractivity contribution in [1.29, 1.82) is 0 Å². The van der Waals surface area contributed by atoms with Gasteiger partial charge in [0.25, 0.3) is 0 Å². The molecule has 0 spiro atoms. The molecule has 46 valence electrons. The zero-order valence-corrected chi connectivity index (χ0v) is 4.85. The van der Waals surface area contributed by atoms with E-state index in [1.807, 2.05) is 0 Å². The molecule has 2 atom stereocenters. The maximum Gasteiger partial charge on any atom is 0.312 e. The number of nitrogens with one attached hydrogen (secondary N) is 1. The highest BCUT2D eigenvalue weighted by atomic mass is 16.2. The van der Waals surface area contributed by atoms with Gasteiger partial charge >= 0.3 is 6.03 Å². The van der Waals surface area contributed by atoms with Crippen LogP contribution in [-0.2, 0) is 0 Å². The number of primary amides is 1. The molecule has 0 bridgehead atoms. The molecule has 2 amide bonds. The van der Waals surface area contributed by atoms with Gasteiger partial charge in [-0.25, -0.2) is 4.79 Å². The van der Waals surface area contributed by atoms with E-state index in [1.54, 1.807) is 0 Å². The molecule has 1 aliphatic carbocycles. The van der Waals surface area contributed by atoms with E-state index in [0.717, 1.165) is 6.42 Å². The Bertz CT molecular complexity index is 113. The van der Waals surface area contributed by atoms with Crippen LogP contribution in [0.4, 0.5) is 4.79 Å². The van der Waals surface area contributed by atoms with Gasteiger partial charge in [-0.05, 0) is 12.3 Å². The predicted octanol–water partition coefficient (Wildman–Crippen LogP) is 0.0631. The summed E-state index contributed by atoms with van der Waals surface area (Å²) in [5, 5.41) is 2.61. The Labute approximate surface area is 48.2 Å². The van der Waals surface area contributed by atoms with E-state index in [2.05, 4.69) is 12.2 Å². The number of nitrogens with two attached hydrogens (primary N) is 1. The van der Waals surface area contributed by atoms with E-state index in [1.165, 1.54) is 0 Å². The zero-order chi connectivity index (χ0) is 6.15. The fourth-order valence-corrected chi connectivity index (χ4v) is 0.706. The van der Waals surface area contributed by atoms with Gasteiger partial charge in [0.15, 0.2) is 0 Å². The molecule has 0 saturated heterocycles. The third-order valence-electron chi connectivity index (χ3n) is 1.44. The molecular weight excluding hydrogens is 104 g/mol. The Morgan fingerprint density at radius 3 is 2.50 bits per heavy atom. The molecule has 0 radical (unpaired) electrons. The van der Waals surface area contributed by atoms with Gasteiger partial charge in [-0.15, -0.1) is 0 Å². The Hall–Kier alpha value is -0.730. The molecule has 0 unspecified atom stereocenters. The number of amides is 2. The largest absolute Gasteiger partial charge is 0.352 e. The average Bonchev–Trinajstić information content (AvgIpc) is 2.17. The first-order chi connectivity index (χ1) is 3.70. The second-order valence-electron chi connectivity index (χ2n) is 2.33. The maximum atomic E-state index is 10.1. The summed E-state index contributed by atoms with van der Waals surface area (Å²) < 4.78 is 0. The van der Waals surface area contributed by atoms with Gasteiger partial charge in [-0.1, -0.05) is 6.92 Å². The van der Waals surface area contributed by atoms with E-state index >= 15 is 0 Å². The van der Waals surface area contributed by atoms with Crippen LogP contribution in [0.3, 0.4) is 0 Å². The van der Waals surface area contributed by atoms with Crippen LogP contribution in [0.25, 0.3) is 0 Å². The minimum absolute atomic E-state index is 0.368. The molecule has 0 aromatic carbocycles. The zero-order valence-electron chi connectivity index (χ0n) is 4.85. The lowest BCUT2D eigenvalue weighted by Crippen LogP contribution is -2.31.